The van der Waals surface area contributed by atoms with Crippen molar-refractivity contribution in [2.75, 3.05) is 13.7 Å². The summed E-state index contributed by atoms with van der Waals surface area (Å²) in [6.07, 6.45) is 3.56. The number of pyridine rings is 1. The molecule has 0 fully saturated rings. The molecular weight excluding hydrogens is 514 g/mol. The summed E-state index contributed by atoms with van der Waals surface area (Å²) in [4.78, 5) is 43.2. The first-order valence-corrected chi connectivity index (χ1v) is 13.4. The molecule has 0 saturated carbocycles. The van der Waals surface area contributed by atoms with E-state index in [1.807, 2.05) is 48.5 Å². The lowest BCUT2D eigenvalue weighted by Crippen LogP contribution is -2.43. The van der Waals surface area contributed by atoms with Crippen LogP contribution in [0.1, 0.15) is 50.2 Å². The minimum Gasteiger partial charge on any atom is -0.497 e. The number of hydrogen-bond donors (Lipinski definition) is 2. The Labute approximate surface area is 229 Å². The average molecular weight is 542 g/mol. The summed E-state index contributed by atoms with van der Waals surface area (Å²) >= 11 is 1.25. The Morgan fingerprint density at radius 2 is 1.82 bits per heavy atom. The van der Waals surface area contributed by atoms with Crippen molar-refractivity contribution in [1.29, 1.82) is 0 Å². The van der Waals surface area contributed by atoms with Gasteiger partial charge in [0.05, 0.1) is 28.8 Å². The number of hydrogen-bond acceptors (Lipinski definition) is 7. The molecule has 8 nitrogen and oxygen atoms in total. The number of nitrogens with zero attached hydrogens (tertiary/aromatic N) is 1. The molecule has 198 valence electrons. The summed E-state index contributed by atoms with van der Waals surface area (Å²) in [5, 5.41) is 2.43. The number of aromatic nitrogens is 1. The van der Waals surface area contributed by atoms with Crippen molar-refractivity contribution in [3.05, 3.63) is 93.3 Å². The molecule has 2 heterocycles. The quantitative estimate of drug-likeness (QED) is 0.262. The number of thiophene rings is 1. The van der Waals surface area contributed by atoms with Crippen molar-refractivity contribution in [2.45, 2.75) is 19.8 Å². The molecule has 2 N–H and O–H groups in total. The number of carbonyl (C=O) groups is 3. The van der Waals surface area contributed by atoms with Crippen LogP contribution in [0.5, 0.6) is 5.75 Å². The molecule has 0 radical (unpaired) electrons. The van der Waals surface area contributed by atoms with Gasteiger partial charge in [-0.15, -0.1) is 11.3 Å². The Bertz CT molecular complexity index is 1560. The van der Waals surface area contributed by atoms with E-state index in [4.69, 9.17) is 14.5 Å². The molecule has 5 rings (SSSR count). The maximum absolute atomic E-state index is 13.5. The number of allylic oxidation sites excluding steroid dienone is 1. The van der Waals surface area contributed by atoms with Crippen molar-refractivity contribution in [1.82, 2.24) is 15.8 Å². The van der Waals surface area contributed by atoms with Crippen LogP contribution in [0.2, 0.25) is 0 Å². The first-order valence-electron chi connectivity index (χ1n) is 12.5. The number of esters is 1. The number of carbonyl (C=O) groups excluding carboxylic acids is 3. The van der Waals surface area contributed by atoms with E-state index < -0.39 is 24.4 Å². The minimum atomic E-state index is -0.644. The van der Waals surface area contributed by atoms with Crippen molar-refractivity contribution in [2.24, 2.45) is 5.92 Å². The van der Waals surface area contributed by atoms with Gasteiger partial charge in [0, 0.05) is 5.39 Å². The molecule has 0 saturated heterocycles. The predicted octanol–water partition coefficient (Wildman–Crippen LogP) is 5.05. The van der Waals surface area contributed by atoms with Crippen molar-refractivity contribution in [3.8, 4) is 5.75 Å². The summed E-state index contributed by atoms with van der Waals surface area (Å²) in [5.74, 6) is -0.647. The highest BCUT2D eigenvalue weighted by molar-refractivity contribution is 7.12. The molecule has 9 heteroatoms. The van der Waals surface area contributed by atoms with Gasteiger partial charge in [-0.05, 0) is 71.2 Å². The van der Waals surface area contributed by atoms with Gasteiger partial charge in [-0.1, -0.05) is 43.3 Å². The topological polar surface area (TPSA) is 107 Å². The van der Waals surface area contributed by atoms with Crippen molar-refractivity contribution in [3.63, 3.8) is 0 Å². The summed E-state index contributed by atoms with van der Waals surface area (Å²) in [6, 6.07) is 18.6. The van der Waals surface area contributed by atoms with E-state index in [0.29, 0.717) is 27.8 Å². The Hall–Kier alpha value is -4.50. The molecule has 39 heavy (non-hydrogen) atoms. The van der Waals surface area contributed by atoms with E-state index in [0.717, 1.165) is 34.6 Å². The molecule has 0 spiro atoms. The number of ether oxygens (including phenoxy) is 2. The molecule has 0 aliphatic heterocycles. The Balaban J connectivity index is 1.41. The number of amides is 2. The number of benzene rings is 2. The molecule has 2 amide bonds. The molecule has 2 aromatic heterocycles. The zero-order chi connectivity index (χ0) is 27.4. The van der Waals surface area contributed by atoms with E-state index in [-0.39, 0.29) is 5.92 Å². The van der Waals surface area contributed by atoms with Crippen LogP contribution in [-0.4, -0.2) is 36.5 Å². The minimum absolute atomic E-state index is 0.271. The Morgan fingerprint density at radius 1 is 1.03 bits per heavy atom. The SMILES string of the molecule is COc1ccc(/C=C2/C[C@H](C)Cc3c2nc2ccccc2c3C(=O)OCC(=O)NNC(=O)c2cccs2)cc1. The number of hydrazine groups is 1. The van der Waals surface area contributed by atoms with Crippen LogP contribution in [-0.2, 0) is 16.0 Å². The molecule has 0 unspecified atom stereocenters. The third-order valence-corrected chi connectivity index (χ3v) is 7.34. The van der Waals surface area contributed by atoms with Crippen LogP contribution in [0.15, 0.2) is 66.0 Å². The van der Waals surface area contributed by atoms with Gasteiger partial charge < -0.3 is 9.47 Å². The zero-order valence-corrected chi connectivity index (χ0v) is 22.3. The summed E-state index contributed by atoms with van der Waals surface area (Å²) < 4.78 is 10.7. The smallest absolute Gasteiger partial charge is 0.339 e. The number of rotatable bonds is 6. The zero-order valence-electron chi connectivity index (χ0n) is 21.5. The highest BCUT2D eigenvalue weighted by Crippen LogP contribution is 2.38. The van der Waals surface area contributed by atoms with Crippen molar-refractivity contribution >= 4 is 51.7 Å². The average Bonchev–Trinajstić information content (AvgIpc) is 3.49. The lowest BCUT2D eigenvalue weighted by Gasteiger charge is -2.26. The molecule has 1 atom stereocenters. The number of fused-ring (bicyclic) bond motifs is 2. The van der Waals surface area contributed by atoms with E-state index in [2.05, 4.69) is 23.9 Å². The van der Waals surface area contributed by atoms with Gasteiger partial charge in [0.2, 0.25) is 0 Å². The third kappa shape index (κ3) is 5.83. The van der Waals surface area contributed by atoms with E-state index >= 15 is 0 Å². The van der Waals surface area contributed by atoms with E-state index in [1.165, 1.54) is 11.3 Å². The predicted molar refractivity (Wildman–Crippen MR) is 150 cm³/mol. The fourth-order valence-corrected chi connectivity index (χ4v) is 5.32. The lowest BCUT2D eigenvalue weighted by molar-refractivity contribution is -0.125. The number of methoxy groups -OCH3 is 1. The largest absolute Gasteiger partial charge is 0.497 e. The molecule has 0 bridgehead atoms. The highest BCUT2D eigenvalue weighted by atomic mass is 32.1. The highest BCUT2D eigenvalue weighted by Gasteiger charge is 2.29. The lowest BCUT2D eigenvalue weighted by atomic mass is 9.80. The molecule has 2 aromatic carbocycles. The van der Waals surface area contributed by atoms with Crippen LogP contribution in [0.25, 0.3) is 22.6 Å². The van der Waals surface area contributed by atoms with Crippen LogP contribution >= 0.6 is 11.3 Å². The molecule has 1 aliphatic rings. The van der Waals surface area contributed by atoms with Gasteiger partial charge in [-0.2, -0.15) is 0 Å². The molecule has 1 aliphatic carbocycles. The number of para-hydroxylation sites is 1. The molecule has 4 aromatic rings. The first-order chi connectivity index (χ1) is 18.9. The van der Waals surface area contributed by atoms with Gasteiger partial charge in [0.25, 0.3) is 11.8 Å². The second-order valence-electron chi connectivity index (χ2n) is 9.34. The van der Waals surface area contributed by atoms with Gasteiger partial charge in [0.15, 0.2) is 6.61 Å². The standard InChI is InChI=1S/C30H27N3O5S/c1-18-14-20(16-19-9-11-21(37-2)12-10-19)28-23(15-18)27(22-6-3-4-7-24(22)31-28)30(36)38-17-26(34)32-33-29(35)25-8-5-13-39-25/h3-13,16,18H,14-15,17H2,1-2H3,(H,32,34)(H,33,35)/b20-16-/t18-/m0/s1. The third-order valence-electron chi connectivity index (χ3n) is 6.47. The maximum atomic E-state index is 13.5. The fourth-order valence-electron chi connectivity index (χ4n) is 4.71. The summed E-state index contributed by atoms with van der Waals surface area (Å²) in [6.45, 7) is 1.60. The van der Waals surface area contributed by atoms with Crippen LogP contribution in [0.4, 0.5) is 0 Å². The van der Waals surface area contributed by atoms with Crippen LogP contribution in [0.3, 0.4) is 0 Å². The normalized spacial score (nSPS) is 15.4. The van der Waals surface area contributed by atoms with Crippen molar-refractivity contribution < 1.29 is 23.9 Å². The number of nitrogens with one attached hydrogen (secondary N) is 2. The summed E-state index contributed by atoms with van der Waals surface area (Å²) in [5.41, 5.74) is 9.31. The van der Waals surface area contributed by atoms with Gasteiger partial charge in [0.1, 0.15) is 5.75 Å². The second kappa shape index (κ2) is 11.5. The second-order valence-corrected chi connectivity index (χ2v) is 10.3. The maximum Gasteiger partial charge on any atom is 0.339 e. The monoisotopic (exact) mass is 541 g/mol. The Kier molecular flexibility index (Phi) is 7.69. The van der Waals surface area contributed by atoms with Gasteiger partial charge in [-0.25, -0.2) is 9.78 Å². The van der Waals surface area contributed by atoms with E-state index in [9.17, 15) is 14.4 Å². The van der Waals surface area contributed by atoms with Gasteiger partial charge in [-0.3, -0.25) is 20.4 Å². The van der Waals surface area contributed by atoms with Crippen LogP contribution in [0, 0.1) is 5.92 Å². The fraction of sp³-hybridized carbons (Fsp3) is 0.200. The van der Waals surface area contributed by atoms with E-state index in [1.54, 1.807) is 24.6 Å². The van der Waals surface area contributed by atoms with Crippen LogP contribution < -0.4 is 15.6 Å². The molecular formula is C30H27N3O5S. The van der Waals surface area contributed by atoms with Gasteiger partial charge >= 0.3 is 5.97 Å². The summed E-state index contributed by atoms with van der Waals surface area (Å²) in [7, 11) is 1.63. The Morgan fingerprint density at radius 3 is 2.56 bits per heavy atom. The first kappa shape index (κ1) is 26.1.